The van der Waals surface area contributed by atoms with Crippen molar-refractivity contribution in [3.05, 3.63) is 64.2 Å². The van der Waals surface area contributed by atoms with Crippen LogP contribution in [0.3, 0.4) is 0 Å². The van der Waals surface area contributed by atoms with Gasteiger partial charge in [0.1, 0.15) is 5.69 Å². The lowest BCUT2D eigenvalue weighted by Crippen LogP contribution is -2.48. The number of piperazine rings is 1. The fourth-order valence-corrected chi connectivity index (χ4v) is 4.47. The van der Waals surface area contributed by atoms with E-state index in [2.05, 4.69) is 28.9 Å². The molecule has 2 aliphatic rings. The maximum Gasteiger partial charge on any atom is 0.293 e. The van der Waals surface area contributed by atoms with E-state index in [1.54, 1.807) is 17.0 Å². The summed E-state index contributed by atoms with van der Waals surface area (Å²) in [6.45, 7) is 6.52. The first-order valence-electron chi connectivity index (χ1n) is 10.7. The van der Waals surface area contributed by atoms with Crippen LogP contribution in [0.2, 0.25) is 0 Å². The Kier molecular flexibility index (Phi) is 5.88. The zero-order chi connectivity index (χ0) is 21.1. The highest BCUT2D eigenvalue weighted by Crippen LogP contribution is 2.33. The smallest absolute Gasteiger partial charge is 0.293 e. The number of nitrogens with zero attached hydrogens (tertiary/aromatic N) is 4. The van der Waals surface area contributed by atoms with E-state index in [1.165, 1.54) is 6.07 Å². The van der Waals surface area contributed by atoms with Gasteiger partial charge in [0.05, 0.1) is 4.92 Å². The van der Waals surface area contributed by atoms with Crippen molar-refractivity contribution in [1.82, 2.24) is 4.90 Å². The molecule has 2 heterocycles. The molecule has 30 heavy (non-hydrogen) atoms. The molecule has 0 unspecified atom stereocenters. The lowest BCUT2D eigenvalue weighted by atomic mass is 9.99. The molecule has 2 fully saturated rings. The average molecular weight is 409 g/mol. The van der Waals surface area contributed by atoms with Gasteiger partial charge in [-0.2, -0.15) is 0 Å². The summed E-state index contributed by atoms with van der Waals surface area (Å²) in [4.78, 5) is 30.5. The number of anilines is 2. The van der Waals surface area contributed by atoms with Crippen LogP contribution in [0.1, 0.15) is 30.1 Å². The molecule has 2 aromatic carbocycles. The summed E-state index contributed by atoms with van der Waals surface area (Å²) >= 11 is 0. The third kappa shape index (κ3) is 4.25. The van der Waals surface area contributed by atoms with Gasteiger partial charge in [-0.15, -0.1) is 0 Å². The number of rotatable bonds is 4. The van der Waals surface area contributed by atoms with Gasteiger partial charge in [-0.25, -0.2) is 0 Å². The highest BCUT2D eigenvalue weighted by molar-refractivity contribution is 5.96. The zero-order valence-corrected chi connectivity index (χ0v) is 17.4. The Morgan fingerprint density at radius 2 is 1.73 bits per heavy atom. The zero-order valence-electron chi connectivity index (χ0n) is 17.4. The van der Waals surface area contributed by atoms with Crippen LogP contribution < -0.4 is 9.80 Å². The lowest BCUT2D eigenvalue weighted by Gasteiger charge is -2.36. The Bertz CT molecular complexity index is 910. The van der Waals surface area contributed by atoms with Crippen LogP contribution >= 0.6 is 0 Å². The average Bonchev–Trinajstić information content (AvgIpc) is 2.79. The van der Waals surface area contributed by atoms with E-state index < -0.39 is 0 Å². The molecule has 0 aliphatic carbocycles. The fourth-order valence-electron chi connectivity index (χ4n) is 4.47. The van der Waals surface area contributed by atoms with E-state index >= 15 is 0 Å². The Labute approximate surface area is 177 Å². The Morgan fingerprint density at radius 3 is 2.40 bits per heavy atom. The van der Waals surface area contributed by atoms with Gasteiger partial charge < -0.3 is 14.7 Å². The molecule has 2 aliphatic heterocycles. The molecule has 0 radical (unpaired) electrons. The molecular weight excluding hydrogens is 380 g/mol. The lowest BCUT2D eigenvalue weighted by molar-refractivity contribution is -0.384. The topological polar surface area (TPSA) is 69.9 Å². The van der Waals surface area contributed by atoms with Crippen molar-refractivity contribution in [2.45, 2.75) is 19.8 Å². The van der Waals surface area contributed by atoms with Crippen molar-refractivity contribution in [3.63, 3.8) is 0 Å². The molecule has 7 heteroatoms. The first-order chi connectivity index (χ1) is 14.5. The minimum absolute atomic E-state index is 0.0258. The molecule has 0 saturated carbocycles. The molecule has 0 aromatic heterocycles. The van der Waals surface area contributed by atoms with Crippen molar-refractivity contribution in [3.8, 4) is 0 Å². The van der Waals surface area contributed by atoms with Crippen LogP contribution in [0.25, 0.3) is 0 Å². The number of hydrogen-bond acceptors (Lipinski definition) is 5. The molecule has 158 valence electrons. The van der Waals surface area contributed by atoms with Crippen LogP contribution in [0.4, 0.5) is 17.1 Å². The fraction of sp³-hybridized carbons (Fsp3) is 0.435. The summed E-state index contributed by atoms with van der Waals surface area (Å²) in [7, 11) is 0. The number of piperidine rings is 1. The number of hydrogen-bond donors (Lipinski definition) is 0. The minimum Gasteiger partial charge on any atom is -0.368 e. The number of amides is 1. The highest BCUT2D eigenvalue weighted by atomic mass is 16.6. The Hall–Kier alpha value is -3.09. The van der Waals surface area contributed by atoms with E-state index in [0.29, 0.717) is 30.3 Å². The molecule has 0 spiro atoms. The van der Waals surface area contributed by atoms with Crippen molar-refractivity contribution in [1.29, 1.82) is 0 Å². The van der Waals surface area contributed by atoms with Gasteiger partial charge in [0.15, 0.2) is 0 Å². The van der Waals surface area contributed by atoms with Crippen LogP contribution in [-0.4, -0.2) is 55.0 Å². The van der Waals surface area contributed by atoms with E-state index in [4.69, 9.17) is 0 Å². The SMILES string of the molecule is C[C@@H]1CCCN(c2ccc(C(=O)N3CCN(c4ccccc4)CC3)cc2[N+](=O)[O-])C1. The predicted octanol–water partition coefficient (Wildman–Crippen LogP) is 3.79. The van der Waals surface area contributed by atoms with E-state index in [0.717, 1.165) is 44.7 Å². The normalized spacial score (nSPS) is 19.6. The number of benzene rings is 2. The molecule has 2 saturated heterocycles. The number of carbonyl (C=O) groups excluding carboxylic acids is 1. The van der Waals surface area contributed by atoms with Crippen molar-refractivity contribution in [2.75, 3.05) is 49.1 Å². The van der Waals surface area contributed by atoms with Gasteiger partial charge in [-0.05, 0) is 43.0 Å². The van der Waals surface area contributed by atoms with E-state index in [9.17, 15) is 14.9 Å². The molecule has 1 atom stereocenters. The maximum atomic E-state index is 13.0. The highest BCUT2D eigenvalue weighted by Gasteiger charge is 2.27. The van der Waals surface area contributed by atoms with Crippen molar-refractivity contribution < 1.29 is 9.72 Å². The molecule has 2 aromatic rings. The third-order valence-electron chi connectivity index (χ3n) is 6.10. The summed E-state index contributed by atoms with van der Waals surface area (Å²) in [5.74, 6) is 0.380. The summed E-state index contributed by atoms with van der Waals surface area (Å²) in [6.07, 6.45) is 2.18. The maximum absolute atomic E-state index is 13.0. The Balaban J connectivity index is 1.48. The van der Waals surface area contributed by atoms with E-state index in [1.807, 2.05) is 18.2 Å². The number of carbonyl (C=O) groups is 1. The van der Waals surface area contributed by atoms with Crippen LogP contribution in [0.15, 0.2) is 48.5 Å². The summed E-state index contributed by atoms with van der Waals surface area (Å²) in [6, 6.07) is 15.1. The second-order valence-electron chi connectivity index (χ2n) is 8.27. The largest absolute Gasteiger partial charge is 0.368 e. The molecule has 7 nitrogen and oxygen atoms in total. The van der Waals surface area contributed by atoms with Gasteiger partial charge in [-0.1, -0.05) is 25.1 Å². The number of para-hydroxylation sites is 1. The van der Waals surface area contributed by atoms with E-state index in [-0.39, 0.29) is 16.5 Å². The minimum atomic E-state index is -0.362. The van der Waals surface area contributed by atoms with Crippen molar-refractivity contribution >= 4 is 23.0 Å². The van der Waals surface area contributed by atoms with Gasteiger partial charge in [-0.3, -0.25) is 14.9 Å². The first kappa shape index (κ1) is 20.2. The molecule has 4 rings (SSSR count). The standard InChI is InChI=1S/C23H28N4O3/c1-18-6-5-11-26(17-18)21-10-9-19(16-22(21)27(29)30)23(28)25-14-12-24(13-15-25)20-7-3-2-4-8-20/h2-4,7-10,16,18H,5-6,11-15,17H2,1H3/t18-/m1/s1. The molecule has 0 bridgehead atoms. The molecular formula is C23H28N4O3. The Morgan fingerprint density at radius 1 is 1.00 bits per heavy atom. The second-order valence-corrected chi connectivity index (χ2v) is 8.27. The van der Waals surface area contributed by atoms with Gasteiger partial charge in [0.25, 0.3) is 11.6 Å². The monoisotopic (exact) mass is 408 g/mol. The third-order valence-corrected chi connectivity index (χ3v) is 6.10. The van der Waals surface area contributed by atoms with Gasteiger partial charge >= 0.3 is 0 Å². The summed E-state index contributed by atoms with van der Waals surface area (Å²) in [5.41, 5.74) is 2.19. The quantitative estimate of drug-likeness (QED) is 0.569. The predicted molar refractivity (Wildman–Crippen MR) is 118 cm³/mol. The molecule has 0 N–H and O–H groups in total. The van der Waals surface area contributed by atoms with Gasteiger partial charge in [0.2, 0.25) is 0 Å². The van der Waals surface area contributed by atoms with Gasteiger partial charge in [0, 0.05) is 56.6 Å². The van der Waals surface area contributed by atoms with Crippen LogP contribution in [0.5, 0.6) is 0 Å². The van der Waals surface area contributed by atoms with Crippen molar-refractivity contribution in [2.24, 2.45) is 5.92 Å². The number of nitro benzene ring substituents is 1. The number of nitro groups is 1. The second kappa shape index (κ2) is 8.73. The van der Waals surface area contributed by atoms with Crippen LogP contribution in [0, 0.1) is 16.0 Å². The summed E-state index contributed by atoms with van der Waals surface area (Å²) < 4.78 is 0. The first-order valence-corrected chi connectivity index (χ1v) is 10.7. The molecule has 1 amide bonds. The summed E-state index contributed by atoms with van der Waals surface area (Å²) in [5, 5.41) is 11.7. The van der Waals surface area contributed by atoms with Crippen LogP contribution in [-0.2, 0) is 0 Å².